The quantitative estimate of drug-likeness (QED) is 0.679. The first-order valence-corrected chi connectivity index (χ1v) is 12.7. The van der Waals surface area contributed by atoms with Gasteiger partial charge in [0.2, 0.25) is 5.91 Å². The molecular formula is C25H32FN5O4. The van der Waals surface area contributed by atoms with Crippen molar-refractivity contribution in [3.8, 4) is 0 Å². The van der Waals surface area contributed by atoms with Crippen LogP contribution in [-0.2, 0) is 14.4 Å². The van der Waals surface area contributed by atoms with Gasteiger partial charge < -0.3 is 24.7 Å². The minimum Gasteiger partial charge on any atom is -0.391 e. The maximum absolute atomic E-state index is 13.6. The van der Waals surface area contributed by atoms with Gasteiger partial charge in [0.25, 0.3) is 0 Å². The second-order valence-electron chi connectivity index (χ2n) is 10.3. The predicted octanol–water partition coefficient (Wildman–Crippen LogP) is 2.09. The molecule has 4 heterocycles. The second-order valence-corrected chi connectivity index (χ2v) is 10.3. The molecule has 188 valence electrons. The lowest BCUT2D eigenvalue weighted by atomic mass is 9.79. The van der Waals surface area contributed by atoms with E-state index in [1.54, 1.807) is 0 Å². The molecule has 35 heavy (non-hydrogen) atoms. The van der Waals surface area contributed by atoms with Crippen molar-refractivity contribution in [2.45, 2.75) is 56.2 Å². The van der Waals surface area contributed by atoms with Crippen LogP contribution in [0, 0.1) is 11.7 Å². The molecular weight excluding hydrogens is 453 g/mol. The van der Waals surface area contributed by atoms with Crippen molar-refractivity contribution in [3.63, 3.8) is 0 Å². The van der Waals surface area contributed by atoms with E-state index in [1.807, 2.05) is 33.1 Å². The van der Waals surface area contributed by atoms with Crippen LogP contribution in [-0.4, -0.2) is 77.7 Å². The number of allylic oxidation sites excluding steroid dienone is 1. The summed E-state index contributed by atoms with van der Waals surface area (Å²) in [5.74, 6) is 0.744. The molecule has 0 aromatic heterocycles. The van der Waals surface area contributed by atoms with Crippen molar-refractivity contribution < 1.29 is 23.6 Å². The van der Waals surface area contributed by atoms with Crippen molar-refractivity contribution in [3.05, 3.63) is 47.6 Å². The topological polar surface area (TPSA) is 86.4 Å². The number of carbonyl (C=O) groups excluding carboxylic acids is 2. The van der Waals surface area contributed by atoms with E-state index in [-0.39, 0.29) is 48.3 Å². The van der Waals surface area contributed by atoms with E-state index in [4.69, 9.17) is 9.57 Å². The van der Waals surface area contributed by atoms with Gasteiger partial charge in [-0.1, -0.05) is 17.7 Å². The molecule has 0 bridgehead atoms. The summed E-state index contributed by atoms with van der Waals surface area (Å²) in [6.45, 7) is 2.53. The number of piperidine rings is 2. The zero-order valence-electron chi connectivity index (χ0n) is 19.7. The average molecular weight is 486 g/mol. The van der Waals surface area contributed by atoms with Gasteiger partial charge in [-0.25, -0.2) is 9.18 Å². The fraction of sp³-hybridized carbons (Fsp3) is 0.600. The number of benzene rings is 1. The van der Waals surface area contributed by atoms with Gasteiger partial charge in [-0.15, -0.1) is 0 Å². The van der Waals surface area contributed by atoms with Crippen molar-refractivity contribution in [2.24, 2.45) is 5.92 Å². The molecule has 9 nitrogen and oxygen atoms in total. The van der Waals surface area contributed by atoms with Crippen LogP contribution in [0.5, 0.6) is 0 Å². The molecule has 1 aromatic carbocycles. The Hall–Kier alpha value is -2.85. The van der Waals surface area contributed by atoms with E-state index >= 15 is 0 Å². The zero-order valence-corrected chi connectivity index (χ0v) is 19.7. The Morgan fingerprint density at radius 3 is 2.51 bits per heavy atom. The van der Waals surface area contributed by atoms with Crippen LogP contribution < -0.4 is 10.9 Å². The van der Waals surface area contributed by atoms with Crippen molar-refractivity contribution in [2.75, 3.05) is 32.8 Å². The van der Waals surface area contributed by atoms with Gasteiger partial charge in [-0.2, -0.15) is 0 Å². The smallest absolute Gasteiger partial charge is 0.320 e. The molecule has 0 radical (unpaired) electrons. The predicted molar refractivity (Wildman–Crippen MR) is 124 cm³/mol. The molecule has 1 saturated carbocycles. The van der Waals surface area contributed by atoms with Gasteiger partial charge in [0, 0.05) is 38.1 Å². The lowest BCUT2D eigenvalue weighted by Crippen LogP contribution is -2.62. The third kappa shape index (κ3) is 4.69. The van der Waals surface area contributed by atoms with Gasteiger partial charge in [0.15, 0.2) is 5.76 Å². The highest BCUT2D eigenvalue weighted by Crippen LogP contribution is 2.41. The molecule has 5 aliphatic rings. The number of ether oxygens (including phenoxy) is 1. The Morgan fingerprint density at radius 1 is 1.03 bits per heavy atom. The zero-order chi connectivity index (χ0) is 23.9. The molecule has 1 unspecified atom stereocenters. The molecule has 10 heteroatoms. The number of morpholine rings is 1. The van der Waals surface area contributed by atoms with Crippen LogP contribution in [0.25, 0.3) is 0 Å². The SMILES string of the molecule is O=C1CO[C@H]2CCN(C(=O)N3CCC(C(C4=CN(C5CC5)NO4)c4ccc(F)cc4)CC3)C[C@H]2N1. The Labute approximate surface area is 204 Å². The number of nitrogens with one attached hydrogen (secondary N) is 2. The van der Waals surface area contributed by atoms with Gasteiger partial charge in [-0.3, -0.25) is 9.80 Å². The minimum absolute atomic E-state index is 0.00514. The number of fused-ring (bicyclic) bond motifs is 1. The second kappa shape index (κ2) is 9.31. The Balaban J connectivity index is 1.12. The highest BCUT2D eigenvalue weighted by atomic mass is 19.1. The normalized spacial score (nSPS) is 28.2. The van der Waals surface area contributed by atoms with Gasteiger partial charge in [-0.05, 0) is 55.7 Å². The van der Waals surface area contributed by atoms with Crippen molar-refractivity contribution >= 4 is 11.9 Å². The van der Waals surface area contributed by atoms with Gasteiger partial charge in [0.05, 0.1) is 18.3 Å². The van der Waals surface area contributed by atoms with Crippen LogP contribution in [0.1, 0.15) is 43.6 Å². The fourth-order valence-corrected chi connectivity index (χ4v) is 5.81. The molecule has 4 aliphatic heterocycles. The Morgan fingerprint density at radius 2 is 1.77 bits per heavy atom. The largest absolute Gasteiger partial charge is 0.391 e. The minimum atomic E-state index is -0.254. The van der Waals surface area contributed by atoms with Crippen molar-refractivity contribution in [1.82, 2.24) is 25.7 Å². The standard InChI is InChI=1S/C25H32FN5O4/c26-18-3-1-16(2-4-18)24(22-14-31(28-35-22)19-5-6-19)17-7-10-29(11-8-17)25(33)30-12-9-21-20(13-30)27-23(32)15-34-21/h1-4,14,17,19-21,24,28H,5-13,15H2,(H,27,32)/t20-,21+,24?/m1/s1. The van der Waals surface area contributed by atoms with Crippen LogP contribution in [0.2, 0.25) is 0 Å². The van der Waals surface area contributed by atoms with E-state index in [2.05, 4.69) is 10.9 Å². The van der Waals surface area contributed by atoms with E-state index < -0.39 is 0 Å². The highest BCUT2D eigenvalue weighted by Gasteiger charge is 2.40. The molecule has 2 N–H and O–H groups in total. The number of urea groups is 1. The van der Waals surface area contributed by atoms with Crippen LogP contribution in [0.3, 0.4) is 0 Å². The van der Waals surface area contributed by atoms with E-state index in [0.29, 0.717) is 32.2 Å². The number of amides is 3. The highest BCUT2D eigenvalue weighted by molar-refractivity contribution is 5.79. The lowest BCUT2D eigenvalue weighted by Gasteiger charge is -2.44. The lowest BCUT2D eigenvalue weighted by molar-refractivity contribution is -0.139. The third-order valence-electron chi connectivity index (χ3n) is 7.89. The first-order valence-electron chi connectivity index (χ1n) is 12.7. The third-order valence-corrected chi connectivity index (χ3v) is 7.89. The number of hydrogen-bond acceptors (Lipinski definition) is 6. The number of halogens is 1. The molecule has 1 aliphatic carbocycles. The maximum atomic E-state index is 13.6. The fourth-order valence-electron chi connectivity index (χ4n) is 5.81. The number of hydrazine groups is 1. The number of rotatable bonds is 4. The molecule has 3 saturated heterocycles. The number of hydrogen-bond donors (Lipinski definition) is 2. The molecule has 4 fully saturated rings. The Kier molecular flexibility index (Phi) is 6.01. The summed E-state index contributed by atoms with van der Waals surface area (Å²) < 4.78 is 19.3. The summed E-state index contributed by atoms with van der Waals surface area (Å²) >= 11 is 0. The number of carbonyl (C=O) groups is 2. The van der Waals surface area contributed by atoms with Crippen LogP contribution in [0.15, 0.2) is 36.2 Å². The summed E-state index contributed by atoms with van der Waals surface area (Å²) in [6.07, 6.45) is 6.73. The summed E-state index contributed by atoms with van der Waals surface area (Å²) in [4.78, 5) is 34.7. The van der Waals surface area contributed by atoms with Gasteiger partial charge >= 0.3 is 6.03 Å². The molecule has 6 rings (SSSR count). The average Bonchev–Trinajstić information content (AvgIpc) is 3.62. The van der Waals surface area contributed by atoms with Crippen LogP contribution >= 0.6 is 0 Å². The number of nitrogens with zero attached hydrogens (tertiary/aromatic N) is 3. The summed E-state index contributed by atoms with van der Waals surface area (Å²) in [7, 11) is 0. The maximum Gasteiger partial charge on any atom is 0.320 e. The molecule has 1 aromatic rings. The summed E-state index contributed by atoms with van der Waals surface area (Å²) in [5, 5.41) is 4.99. The molecule has 3 amide bonds. The summed E-state index contributed by atoms with van der Waals surface area (Å²) in [6, 6.07) is 7.04. The number of likely N-dealkylation sites (tertiary alicyclic amines) is 2. The van der Waals surface area contributed by atoms with E-state index in [9.17, 15) is 14.0 Å². The van der Waals surface area contributed by atoms with Crippen molar-refractivity contribution in [1.29, 1.82) is 0 Å². The van der Waals surface area contributed by atoms with E-state index in [0.717, 1.165) is 43.4 Å². The molecule has 3 atom stereocenters. The van der Waals surface area contributed by atoms with E-state index in [1.165, 1.54) is 12.1 Å². The monoisotopic (exact) mass is 485 g/mol. The summed E-state index contributed by atoms with van der Waals surface area (Å²) in [5.41, 5.74) is 4.05. The van der Waals surface area contributed by atoms with Gasteiger partial charge in [0.1, 0.15) is 12.4 Å². The first kappa shape index (κ1) is 22.6. The van der Waals surface area contributed by atoms with Crippen LogP contribution in [0.4, 0.5) is 9.18 Å². The Bertz CT molecular complexity index is 992. The molecule has 0 spiro atoms. The first-order chi connectivity index (χ1) is 17.0.